The molecule has 0 aliphatic heterocycles. The maximum atomic E-state index is 3.99. The van der Waals surface area contributed by atoms with E-state index < -0.39 is 0 Å². The molecule has 0 atom stereocenters. The molecule has 0 aromatic heterocycles. The van der Waals surface area contributed by atoms with Gasteiger partial charge < -0.3 is 0 Å². The van der Waals surface area contributed by atoms with Crippen LogP contribution in [0.5, 0.6) is 0 Å². The lowest BCUT2D eigenvalue weighted by Crippen LogP contribution is -2.11. The van der Waals surface area contributed by atoms with E-state index in [4.69, 9.17) is 0 Å². The Balaban J connectivity index is 4.01. The Bertz CT molecular complexity index is 120. The zero-order valence-corrected chi connectivity index (χ0v) is 9.54. The summed E-state index contributed by atoms with van der Waals surface area (Å²) in [5.41, 5.74) is 0. The molecule has 0 spiro atoms. The van der Waals surface area contributed by atoms with Gasteiger partial charge in [-0.15, -0.1) is 0 Å². The predicted octanol–water partition coefficient (Wildman–Crippen LogP) is 1.45. The molecule has 0 saturated heterocycles. The summed E-state index contributed by atoms with van der Waals surface area (Å²) in [5, 5.41) is 0. The lowest BCUT2D eigenvalue weighted by Gasteiger charge is -2.10. The van der Waals surface area contributed by atoms with Crippen molar-refractivity contribution in [1.82, 2.24) is 0 Å². The highest BCUT2D eigenvalue weighted by Gasteiger charge is 2.08. The van der Waals surface area contributed by atoms with Gasteiger partial charge in [-0.25, -0.2) is 0 Å². The van der Waals surface area contributed by atoms with Crippen LogP contribution in [0.1, 0.15) is 0 Å². The fraction of sp³-hybridized carbons (Fsp3) is 1.00. The second-order valence-electron chi connectivity index (χ2n) is 1.38. The van der Waals surface area contributed by atoms with Gasteiger partial charge in [0.15, 0.2) is 0 Å². The van der Waals surface area contributed by atoms with Crippen molar-refractivity contribution in [2.24, 2.45) is 9.49 Å². The highest BCUT2D eigenvalue weighted by molar-refractivity contribution is 7.56. The van der Waals surface area contributed by atoms with Crippen molar-refractivity contribution in [3.8, 4) is 0 Å². The van der Waals surface area contributed by atoms with Crippen LogP contribution < -0.4 is 0 Å². The molecule has 2 nitrogen and oxygen atoms in total. The SMILES string of the molecule is CN=P[C]([Al])([Al])P=NC. The van der Waals surface area contributed by atoms with Crippen molar-refractivity contribution in [3.05, 3.63) is 0 Å². The third kappa shape index (κ3) is 5.70. The monoisotopic (exact) mass is 186 g/mol. The van der Waals surface area contributed by atoms with Gasteiger partial charge in [0.1, 0.15) is 32.6 Å². The number of rotatable bonds is 2. The van der Waals surface area contributed by atoms with Crippen molar-refractivity contribution in [3.63, 3.8) is 0 Å². The standard InChI is InChI=1S/C3H6N2P2.2Al/c1-4-6-3-7-5-2;;/h1-2H3;;. The summed E-state index contributed by atoms with van der Waals surface area (Å²) in [7, 11) is 5.70. The molecular weight excluding hydrogens is 180 g/mol. The molecule has 0 aliphatic rings. The molecule has 9 heavy (non-hydrogen) atoms. The van der Waals surface area contributed by atoms with Crippen LogP contribution in [-0.2, 0) is 0 Å². The van der Waals surface area contributed by atoms with E-state index >= 15 is 0 Å². The molecule has 0 aromatic rings. The quantitative estimate of drug-likeness (QED) is 0.460. The van der Waals surface area contributed by atoms with Gasteiger partial charge in [0, 0.05) is 14.1 Å². The summed E-state index contributed by atoms with van der Waals surface area (Å²) in [6.45, 7) is 0. The van der Waals surface area contributed by atoms with Crippen molar-refractivity contribution in [2.45, 2.75) is 2.62 Å². The number of hydrogen-bond acceptors (Lipinski definition) is 2. The molecule has 4 radical (unpaired) electrons. The Labute approximate surface area is 75.4 Å². The summed E-state index contributed by atoms with van der Waals surface area (Å²) >= 11 is 5.42. The Kier molecular flexibility index (Phi) is 5.69. The van der Waals surface area contributed by atoms with E-state index in [-0.39, 0.29) is 2.62 Å². The van der Waals surface area contributed by atoms with Gasteiger partial charge in [-0.3, -0.25) is 9.49 Å². The van der Waals surface area contributed by atoms with Crippen LogP contribution in [0.25, 0.3) is 0 Å². The molecule has 44 valence electrons. The minimum atomic E-state index is 0.0451. The zero-order chi connectivity index (χ0) is 7.33. The molecule has 0 N–H and O–H groups in total. The van der Waals surface area contributed by atoms with Crippen LogP contribution in [0.4, 0.5) is 0 Å². The zero-order valence-electron chi connectivity index (χ0n) is 5.44. The van der Waals surface area contributed by atoms with Crippen LogP contribution >= 0.6 is 16.7 Å². The van der Waals surface area contributed by atoms with Gasteiger partial charge in [0.2, 0.25) is 0 Å². The normalized spacial score (nSPS) is 13.6. The number of hydrogen-bond donors (Lipinski definition) is 0. The smallest absolute Gasteiger partial charge is 0.136 e. The Morgan fingerprint density at radius 1 is 1.11 bits per heavy atom. The minimum absolute atomic E-state index is 0.0451. The van der Waals surface area contributed by atoms with Crippen molar-refractivity contribution >= 4 is 49.3 Å². The summed E-state index contributed by atoms with van der Waals surface area (Å²) < 4.78 is 8.02. The fourth-order valence-electron chi connectivity index (χ4n) is 0.340. The molecule has 0 unspecified atom stereocenters. The maximum absolute atomic E-state index is 3.99. The van der Waals surface area contributed by atoms with Crippen LogP contribution in [-0.4, -0.2) is 49.3 Å². The number of nitrogens with zero attached hydrogens (tertiary/aromatic N) is 2. The van der Waals surface area contributed by atoms with E-state index in [0.29, 0.717) is 0 Å². The van der Waals surface area contributed by atoms with Crippen molar-refractivity contribution in [2.75, 3.05) is 14.1 Å². The largest absolute Gasteiger partial charge is 0.273 e. The highest BCUT2D eigenvalue weighted by Crippen LogP contribution is 2.30. The summed E-state index contributed by atoms with van der Waals surface area (Å²) in [6, 6.07) is 0. The fourth-order valence-corrected chi connectivity index (χ4v) is 3.06. The van der Waals surface area contributed by atoms with Crippen molar-refractivity contribution in [1.29, 1.82) is 0 Å². The maximum Gasteiger partial charge on any atom is 0.136 e. The average Bonchev–Trinajstić information content (AvgIpc) is 1.64. The van der Waals surface area contributed by atoms with E-state index in [0.717, 1.165) is 16.7 Å². The summed E-state index contributed by atoms with van der Waals surface area (Å²) in [6.07, 6.45) is 0. The molecule has 0 rings (SSSR count). The predicted molar refractivity (Wildman–Crippen MR) is 44.8 cm³/mol. The van der Waals surface area contributed by atoms with Gasteiger partial charge in [-0.05, 0) is 19.4 Å². The van der Waals surface area contributed by atoms with Crippen LogP contribution in [0, 0.1) is 0 Å². The Hall–Kier alpha value is 1.26. The second-order valence-corrected chi connectivity index (χ2v) is 8.85. The summed E-state index contributed by atoms with van der Waals surface area (Å²) in [5.74, 6) is 0. The molecule has 0 aliphatic carbocycles. The topological polar surface area (TPSA) is 24.7 Å². The van der Waals surface area contributed by atoms with Crippen LogP contribution in [0.3, 0.4) is 0 Å². The first kappa shape index (κ1) is 10.3. The first-order valence-corrected chi connectivity index (χ1v) is 5.17. The van der Waals surface area contributed by atoms with E-state index in [1.807, 2.05) is 0 Å². The first-order valence-electron chi connectivity index (χ1n) is 2.32. The second kappa shape index (κ2) is 4.99. The van der Waals surface area contributed by atoms with Gasteiger partial charge >= 0.3 is 0 Å². The van der Waals surface area contributed by atoms with E-state index in [1.165, 1.54) is 0 Å². The van der Waals surface area contributed by atoms with E-state index in [2.05, 4.69) is 42.1 Å². The van der Waals surface area contributed by atoms with Gasteiger partial charge in [-0.1, -0.05) is 0 Å². The third-order valence-electron chi connectivity index (χ3n) is 0.520. The average molecular weight is 186 g/mol. The molecule has 0 bridgehead atoms. The lowest BCUT2D eigenvalue weighted by atomic mass is 11.6. The Morgan fingerprint density at radius 2 is 1.44 bits per heavy atom. The minimum Gasteiger partial charge on any atom is -0.273 e. The van der Waals surface area contributed by atoms with E-state index in [9.17, 15) is 0 Å². The van der Waals surface area contributed by atoms with Crippen LogP contribution in [0.15, 0.2) is 9.49 Å². The molecule has 0 amide bonds. The summed E-state index contributed by atoms with van der Waals surface area (Å²) in [4.78, 5) is 0. The van der Waals surface area contributed by atoms with Gasteiger partial charge in [0.05, 0.1) is 0 Å². The molecular formula is C3H6Al2N2P2. The molecule has 0 aromatic carbocycles. The van der Waals surface area contributed by atoms with Gasteiger partial charge in [0.25, 0.3) is 0 Å². The molecule has 0 fully saturated rings. The van der Waals surface area contributed by atoms with Crippen molar-refractivity contribution < 1.29 is 0 Å². The van der Waals surface area contributed by atoms with Gasteiger partial charge in [-0.2, -0.15) is 0 Å². The Morgan fingerprint density at radius 3 is 1.67 bits per heavy atom. The van der Waals surface area contributed by atoms with E-state index in [1.54, 1.807) is 14.1 Å². The third-order valence-corrected chi connectivity index (χ3v) is 3.48. The van der Waals surface area contributed by atoms with Crippen LogP contribution in [0.2, 0.25) is 0 Å². The lowest BCUT2D eigenvalue weighted by molar-refractivity contribution is 1.47. The highest BCUT2D eigenvalue weighted by atomic mass is 31.1. The molecule has 0 saturated carbocycles. The molecule has 0 heterocycles. The first-order chi connectivity index (χ1) is 4.12. The molecule has 6 heteroatoms.